The number of aryl methyl sites for hydroxylation is 1. The smallest absolute Gasteiger partial charge is 0.227 e. The second-order valence-electron chi connectivity index (χ2n) is 6.90. The average Bonchev–Trinajstić information content (AvgIpc) is 3.15. The molecular formula is C16H22N6O3S. The second kappa shape index (κ2) is 6.51. The molecule has 4 rings (SSSR count). The van der Waals surface area contributed by atoms with E-state index in [1.54, 1.807) is 6.20 Å². The summed E-state index contributed by atoms with van der Waals surface area (Å²) < 4.78 is 29.3. The summed E-state index contributed by atoms with van der Waals surface area (Å²) in [5.41, 5.74) is 0.831. The van der Waals surface area contributed by atoms with Crippen LogP contribution in [0.1, 0.15) is 11.5 Å². The zero-order chi connectivity index (χ0) is 18.3. The van der Waals surface area contributed by atoms with Crippen molar-refractivity contribution in [3.63, 3.8) is 0 Å². The number of sulfone groups is 1. The van der Waals surface area contributed by atoms with Crippen molar-refractivity contribution in [3.05, 3.63) is 29.8 Å². The van der Waals surface area contributed by atoms with Crippen LogP contribution in [-0.4, -0.2) is 67.3 Å². The number of anilines is 2. The zero-order valence-corrected chi connectivity index (χ0v) is 15.6. The fourth-order valence-electron chi connectivity index (χ4n) is 3.63. The summed E-state index contributed by atoms with van der Waals surface area (Å²) in [6, 6.07) is 3.59. The van der Waals surface area contributed by atoms with Gasteiger partial charge in [-0.3, -0.25) is 0 Å². The highest BCUT2D eigenvalue weighted by Crippen LogP contribution is 2.26. The van der Waals surface area contributed by atoms with Crippen molar-refractivity contribution in [1.29, 1.82) is 0 Å². The minimum atomic E-state index is -3.01. The van der Waals surface area contributed by atoms with Gasteiger partial charge in [0.2, 0.25) is 5.95 Å². The maximum absolute atomic E-state index is 12.0. The lowest BCUT2D eigenvalue weighted by atomic mass is 10.1. The molecule has 26 heavy (non-hydrogen) atoms. The van der Waals surface area contributed by atoms with E-state index in [0.29, 0.717) is 12.5 Å². The van der Waals surface area contributed by atoms with E-state index in [0.717, 1.165) is 30.4 Å². The predicted octanol–water partition coefficient (Wildman–Crippen LogP) is -0.0154. The van der Waals surface area contributed by atoms with Gasteiger partial charge in [0, 0.05) is 38.4 Å². The van der Waals surface area contributed by atoms with Gasteiger partial charge in [0.25, 0.3) is 0 Å². The van der Waals surface area contributed by atoms with Crippen LogP contribution in [0.2, 0.25) is 0 Å². The monoisotopic (exact) mass is 378 g/mol. The molecule has 0 amide bonds. The lowest BCUT2D eigenvalue weighted by Crippen LogP contribution is -2.57. The molecule has 0 spiro atoms. The molecule has 0 bridgehead atoms. The van der Waals surface area contributed by atoms with Crippen LogP contribution in [0.4, 0.5) is 11.8 Å². The van der Waals surface area contributed by atoms with E-state index >= 15 is 0 Å². The maximum Gasteiger partial charge on any atom is 0.227 e. The van der Waals surface area contributed by atoms with Gasteiger partial charge in [-0.25, -0.2) is 13.4 Å². The van der Waals surface area contributed by atoms with Crippen LogP contribution in [-0.2, 0) is 16.4 Å². The van der Waals surface area contributed by atoms with Gasteiger partial charge in [-0.1, -0.05) is 5.16 Å². The van der Waals surface area contributed by atoms with Crippen LogP contribution < -0.4 is 15.1 Å². The largest absolute Gasteiger partial charge is 0.359 e. The number of hydrogen-bond donors (Lipinski definition) is 1. The normalized spacial score (nSPS) is 24.5. The van der Waals surface area contributed by atoms with Crippen molar-refractivity contribution in [3.8, 4) is 0 Å². The highest BCUT2D eigenvalue weighted by molar-refractivity contribution is 7.91. The van der Waals surface area contributed by atoms with E-state index in [1.807, 2.05) is 31.0 Å². The van der Waals surface area contributed by atoms with E-state index in [1.165, 1.54) is 0 Å². The van der Waals surface area contributed by atoms with Crippen molar-refractivity contribution >= 4 is 21.6 Å². The number of nitrogens with zero attached hydrogens (tertiary/aromatic N) is 5. The Morgan fingerprint density at radius 3 is 3.04 bits per heavy atom. The van der Waals surface area contributed by atoms with Crippen molar-refractivity contribution < 1.29 is 12.9 Å². The third kappa shape index (κ3) is 3.38. The van der Waals surface area contributed by atoms with Gasteiger partial charge in [0.15, 0.2) is 15.6 Å². The number of aromatic nitrogens is 3. The Morgan fingerprint density at radius 1 is 1.42 bits per heavy atom. The first-order valence-corrected chi connectivity index (χ1v) is 10.4. The first kappa shape index (κ1) is 17.2. The summed E-state index contributed by atoms with van der Waals surface area (Å²) in [6.45, 7) is 3.84. The Labute approximate surface area is 152 Å². The molecule has 4 heterocycles. The molecule has 0 saturated carbocycles. The van der Waals surface area contributed by atoms with Crippen molar-refractivity contribution in [2.75, 3.05) is 41.4 Å². The first-order chi connectivity index (χ1) is 12.4. The van der Waals surface area contributed by atoms with Gasteiger partial charge in [0.1, 0.15) is 5.82 Å². The molecule has 2 fully saturated rings. The van der Waals surface area contributed by atoms with E-state index in [-0.39, 0.29) is 23.6 Å². The van der Waals surface area contributed by atoms with Crippen LogP contribution in [0.25, 0.3) is 0 Å². The van der Waals surface area contributed by atoms with Gasteiger partial charge < -0.3 is 19.6 Å². The molecule has 2 aromatic rings. The zero-order valence-electron chi connectivity index (χ0n) is 14.8. The maximum atomic E-state index is 12.0. The van der Waals surface area contributed by atoms with Crippen molar-refractivity contribution in [2.45, 2.75) is 25.6 Å². The number of piperazine rings is 1. The van der Waals surface area contributed by atoms with E-state index in [2.05, 4.69) is 25.3 Å². The number of rotatable bonds is 4. The molecule has 0 aromatic carbocycles. The molecule has 0 radical (unpaired) electrons. The van der Waals surface area contributed by atoms with Gasteiger partial charge >= 0.3 is 0 Å². The minimum Gasteiger partial charge on any atom is -0.359 e. The van der Waals surface area contributed by atoms with Crippen molar-refractivity contribution in [2.24, 2.45) is 0 Å². The molecule has 2 atom stereocenters. The van der Waals surface area contributed by atoms with Crippen LogP contribution in [0.5, 0.6) is 0 Å². The second-order valence-corrected chi connectivity index (χ2v) is 9.06. The first-order valence-electron chi connectivity index (χ1n) is 8.58. The fraction of sp³-hybridized carbons (Fsp3) is 0.562. The minimum absolute atomic E-state index is 0.0398. The predicted molar refractivity (Wildman–Crippen MR) is 97.0 cm³/mol. The summed E-state index contributed by atoms with van der Waals surface area (Å²) >= 11 is 0. The molecule has 0 aliphatic carbocycles. The third-order valence-electron chi connectivity index (χ3n) is 4.82. The lowest BCUT2D eigenvalue weighted by molar-refractivity contribution is 0.378. The summed E-state index contributed by atoms with van der Waals surface area (Å²) in [5, 5.41) is 7.20. The molecule has 9 nitrogen and oxygen atoms in total. The van der Waals surface area contributed by atoms with E-state index in [9.17, 15) is 8.42 Å². The van der Waals surface area contributed by atoms with Gasteiger partial charge in [-0.15, -0.1) is 0 Å². The van der Waals surface area contributed by atoms with Gasteiger partial charge in [0.05, 0.1) is 29.8 Å². The molecule has 2 aliphatic rings. The van der Waals surface area contributed by atoms with Crippen LogP contribution in [0.15, 0.2) is 22.9 Å². The topological polar surface area (TPSA) is 104 Å². The standard InChI is InChI=1S/C16H22N6O3S/c1-11-7-12(25-20-11)8-21(2)16-18-4-3-15(19-16)22-6-5-17-13-9-26(23,24)10-14(13)22/h3-4,7,13-14,17H,5-6,8-10H2,1-2H3/t13-,14+/m1/s1. The molecule has 0 unspecified atom stereocenters. The number of fused-ring (bicyclic) bond motifs is 1. The summed E-state index contributed by atoms with van der Waals surface area (Å²) in [4.78, 5) is 13.0. The summed E-state index contributed by atoms with van der Waals surface area (Å²) in [6.07, 6.45) is 1.71. The number of nitrogens with one attached hydrogen (secondary N) is 1. The highest BCUT2D eigenvalue weighted by atomic mass is 32.2. The van der Waals surface area contributed by atoms with E-state index < -0.39 is 9.84 Å². The van der Waals surface area contributed by atoms with Gasteiger partial charge in [-0.05, 0) is 13.0 Å². The van der Waals surface area contributed by atoms with Crippen LogP contribution in [0, 0.1) is 6.92 Å². The molecule has 1 N–H and O–H groups in total. The fourth-order valence-corrected chi connectivity index (χ4v) is 5.59. The summed E-state index contributed by atoms with van der Waals surface area (Å²) in [7, 11) is -1.13. The molecule has 140 valence electrons. The Morgan fingerprint density at radius 2 is 2.27 bits per heavy atom. The molecule has 2 aliphatic heterocycles. The Hall–Kier alpha value is -2.20. The van der Waals surface area contributed by atoms with Gasteiger partial charge in [-0.2, -0.15) is 4.98 Å². The quantitative estimate of drug-likeness (QED) is 0.786. The number of hydrogen-bond acceptors (Lipinski definition) is 9. The Kier molecular flexibility index (Phi) is 4.31. The average molecular weight is 378 g/mol. The Bertz CT molecular complexity index is 899. The highest BCUT2D eigenvalue weighted by Gasteiger charge is 2.43. The lowest BCUT2D eigenvalue weighted by Gasteiger charge is -2.38. The molecule has 10 heteroatoms. The van der Waals surface area contributed by atoms with E-state index in [4.69, 9.17) is 4.52 Å². The molecular weight excluding hydrogens is 356 g/mol. The summed E-state index contributed by atoms with van der Waals surface area (Å²) in [5.74, 6) is 2.41. The van der Waals surface area contributed by atoms with Crippen molar-refractivity contribution in [1.82, 2.24) is 20.4 Å². The Balaban J connectivity index is 1.55. The van der Waals surface area contributed by atoms with Crippen LogP contribution in [0.3, 0.4) is 0 Å². The van der Waals surface area contributed by atoms with Crippen LogP contribution >= 0.6 is 0 Å². The molecule has 2 aromatic heterocycles. The third-order valence-corrected chi connectivity index (χ3v) is 6.53. The SMILES string of the molecule is Cc1cc(CN(C)c2nccc(N3CCN[C@@H]4CS(=O)(=O)C[C@@H]43)n2)on1. The molecule has 2 saturated heterocycles.